The molecule has 1 saturated heterocycles. The molecule has 0 saturated carbocycles. The molecule has 5 heteroatoms. The number of rotatable bonds is 6. The van der Waals surface area contributed by atoms with E-state index in [-0.39, 0.29) is 29.7 Å². The van der Waals surface area contributed by atoms with E-state index in [1.165, 1.54) is 0 Å². The van der Waals surface area contributed by atoms with Gasteiger partial charge in [-0.15, -0.1) is 0 Å². The van der Waals surface area contributed by atoms with Gasteiger partial charge in [0.15, 0.2) is 0 Å². The average Bonchev–Trinajstić information content (AvgIpc) is 3.06. The van der Waals surface area contributed by atoms with Crippen LogP contribution >= 0.6 is 0 Å². The number of likely N-dealkylation sites (tertiary alicyclic amines) is 1. The molecule has 1 amide bonds. The predicted octanol–water partition coefficient (Wildman–Crippen LogP) is 6.52. The smallest absolute Gasteiger partial charge is 0.241 e. The standard InChI is InChI=1S/C28H37NO3Si/c1-19-16-23(32-33(5,6)7)18-24-25(19)27(30)29(28(2,3)21-13-9-8-10-14-21)26(24)20-12-11-15-22(17-20)31-4/h8-17,19,24-26H,18H2,1-7H3/t19-,24-,25+,26+/m0/s1. The SMILES string of the molecule is COc1cccc([C@@H]2[C@H]3CC(O[Si](C)(C)C)=C[C@H](C)[C@H]3C(=O)N2C(C)(C)c2ccccc2)c1. The van der Waals surface area contributed by atoms with Crippen molar-refractivity contribution in [3.05, 3.63) is 77.6 Å². The van der Waals surface area contributed by atoms with E-state index in [2.05, 4.69) is 87.8 Å². The lowest BCUT2D eigenvalue weighted by molar-refractivity contribution is -0.138. The van der Waals surface area contributed by atoms with Gasteiger partial charge >= 0.3 is 0 Å². The van der Waals surface area contributed by atoms with Crippen molar-refractivity contribution in [2.45, 2.75) is 58.4 Å². The maximum Gasteiger partial charge on any atom is 0.241 e. The highest BCUT2D eigenvalue weighted by molar-refractivity contribution is 6.70. The van der Waals surface area contributed by atoms with E-state index in [1.54, 1.807) is 7.11 Å². The Bertz CT molecular complexity index is 1040. The summed E-state index contributed by atoms with van der Waals surface area (Å²) in [6.45, 7) is 13.2. The number of carbonyl (C=O) groups excluding carboxylic acids is 1. The van der Waals surface area contributed by atoms with Gasteiger partial charge < -0.3 is 14.1 Å². The number of allylic oxidation sites excluding steroid dienone is 2. The van der Waals surface area contributed by atoms with Crippen LogP contribution < -0.4 is 4.74 Å². The summed E-state index contributed by atoms with van der Waals surface area (Å²) < 4.78 is 12.0. The van der Waals surface area contributed by atoms with Crippen LogP contribution in [-0.2, 0) is 14.8 Å². The lowest BCUT2D eigenvalue weighted by Crippen LogP contribution is -2.45. The minimum Gasteiger partial charge on any atom is -0.548 e. The molecule has 2 aliphatic rings. The Balaban J connectivity index is 1.83. The van der Waals surface area contributed by atoms with Crippen molar-refractivity contribution in [1.29, 1.82) is 0 Å². The van der Waals surface area contributed by atoms with Crippen LogP contribution in [0.25, 0.3) is 0 Å². The zero-order chi connectivity index (χ0) is 24.0. The highest BCUT2D eigenvalue weighted by Crippen LogP contribution is 2.54. The molecule has 4 nitrogen and oxygen atoms in total. The number of benzene rings is 2. The van der Waals surface area contributed by atoms with Crippen LogP contribution in [0.5, 0.6) is 5.75 Å². The number of fused-ring (bicyclic) bond motifs is 1. The fraction of sp³-hybridized carbons (Fsp3) is 0.464. The summed E-state index contributed by atoms with van der Waals surface area (Å²) in [6.07, 6.45) is 2.99. The number of hydrogen-bond donors (Lipinski definition) is 0. The summed E-state index contributed by atoms with van der Waals surface area (Å²) in [5.74, 6) is 2.34. The van der Waals surface area contributed by atoms with Crippen LogP contribution in [0.15, 0.2) is 66.4 Å². The van der Waals surface area contributed by atoms with Crippen molar-refractivity contribution in [3.63, 3.8) is 0 Å². The molecule has 2 aromatic rings. The maximum atomic E-state index is 14.1. The van der Waals surface area contributed by atoms with Crippen LogP contribution in [0.4, 0.5) is 0 Å². The number of hydrogen-bond acceptors (Lipinski definition) is 3. The largest absolute Gasteiger partial charge is 0.548 e. The molecule has 2 aromatic carbocycles. The Kier molecular flexibility index (Phi) is 6.21. The second-order valence-corrected chi connectivity index (χ2v) is 15.4. The van der Waals surface area contributed by atoms with Crippen molar-refractivity contribution in [2.75, 3.05) is 7.11 Å². The van der Waals surface area contributed by atoms with Crippen LogP contribution in [0.2, 0.25) is 19.6 Å². The Morgan fingerprint density at radius 3 is 2.36 bits per heavy atom. The van der Waals surface area contributed by atoms with Crippen LogP contribution in [-0.4, -0.2) is 26.2 Å². The number of amides is 1. The minimum atomic E-state index is -1.74. The lowest BCUT2D eigenvalue weighted by Gasteiger charge is -2.42. The second kappa shape index (κ2) is 8.67. The first-order valence-corrected chi connectivity index (χ1v) is 15.4. The molecule has 0 spiro atoms. The van der Waals surface area contributed by atoms with E-state index < -0.39 is 13.9 Å². The molecule has 4 atom stereocenters. The van der Waals surface area contributed by atoms with E-state index in [1.807, 2.05) is 18.2 Å². The zero-order valence-electron chi connectivity index (χ0n) is 21.0. The molecule has 1 aliphatic carbocycles. The summed E-state index contributed by atoms with van der Waals surface area (Å²) in [4.78, 5) is 16.3. The summed E-state index contributed by atoms with van der Waals surface area (Å²) in [6, 6.07) is 18.5. The Morgan fingerprint density at radius 1 is 1.03 bits per heavy atom. The van der Waals surface area contributed by atoms with Crippen molar-refractivity contribution in [2.24, 2.45) is 17.8 Å². The van der Waals surface area contributed by atoms with E-state index in [9.17, 15) is 4.79 Å². The zero-order valence-corrected chi connectivity index (χ0v) is 22.0. The summed E-state index contributed by atoms with van der Waals surface area (Å²) in [5.41, 5.74) is 1.81. The van der Waals surface area contributed by atoms with E-state index in [4.69, 9.17) is 9.16 Å². The van der Waals surface area contributed by atoms with Gasteiger partial charge in [-0.3, -0.25) is 4.79 Å². The third kappa shape index (κ3) is 4.48. The molecule has 1 fully saturated rings. The molecule has 176 valence electrons. The predicted molar refractivity (Wildman–Crippen MR) is 135 cm³/mol. The first-order valence-electron chi connectivity index (χ1n) is 12.0. The molecule has 0 radical (unpaired) electrons. The average molecular weight is 464 g/mol. The Hall–Kier alpha value is -2.53. The van der Waals surface area contributed by atoms with Gasteiger partial charge in [0, 0.05) is 18.3 Å². The summed E-state index contributed by atoms with van der Waals surface area (Å²) in [5, 5.41) is 0. The van der Waals surface area contributed by atoms with Crippen LogP contribution in [0.1, 0.15) is 44.4 Å². The van der Waals surface area contributed by atoms with E-state index in [0.717, 1.165) is 29.1 Å². The van der Waals surface area contributed by atoms with Crippen LogP contribution in [0.3, 0.4) is 0 Å². The van der Waals surface area contributed by atoms with Gasteiger partial charge in [0.1, 0.15) is 5.75 Å². The molecule has 0 unspecified atom stereocenters. The first kappa shape index (κ1) is 23.6. The molecule has 0 bridgehead atoms. The van der Waals surface area contributed by atoms with Gasteiger partial charge in [0.25, 0.3) is 0 Å². The van der Waals surface area contributed by atoms with Gasteiger partial charge in [-0.25, -0.2) is 0 Å². The third-order valence-corrected chi connectivity index (χ3v) is 7.95. The van der Waals surface area contributed by atoms with Gasteiger partial charge in [0.05, 0.1) is 24.4 Å². The Morgan fingerprint density at radius 2 is 1.73 bits per heavy atom. The van der Waals surface area contributed by atoms with Crippen molar-refractivity contribution >= 4 is 14.2 Å². The van der Waals surface area contributed by atoms with Gasteiger partial charge in [-0.05, 0) is 68.7 Å². The molecule has 33 heavy (non-hydrogen) atoms. The topological polar surface area (TPSA) is 38.8 Å². The maximum absolute atomic E-state index is 14.1. The highest BCUT2D eigenvalue weighted by atomic mass is 28.4. The van der Waals surface area contributed by atoms with Crippen molar-refractivity contribution in [3.8, 4) is 5.75 Å². The van der Waals surface area contributed by atoms with E-state index in [0.29, 0.717) is 0 Å². The number of nitrogens with zero attached hydrogens (tertiary/aromatic N) is 1. The summed E-state index contributed by atoms with van der Waals surface area (Å²) >= 11 is 0. The van der Waals surface area contributed by atoms with Crippen molar-refractivity contribution < 1.29 is 14.0 Å². The molecule has 0 aromatic heterocycles. The third-order valence-electron chi connectivity index (χ3n) is 7.07. The lowest BCUT2D eigenvalue weighted by atomic mass is 9.74. The van der Waals surface area contributed by atoms with Gasteiger partial charge in [-0.1, -0.05) is 49.4 Å². The number of ether oxygens (including phenoxy) is 1. The van der Waals surface area contributed by atoms with Gasteiger partial charge in [0.2, 0.25) is 14.2 Å². The fourth-order valence-corrected chi connectivity index (χ4v) is 6.66. The number of carbonyl (C=O) groups is 1. The van der Waals surface area contributed by atoms with Crippen LogP contribution in [0, 0.1) is 17.8 Å². The normalized spacial score (nSPS) is 25.5. The minimum absolute atomic E-state index is 0.0517. The number of methoxy groups -OCH3 is 1. The molecule has 1 aliphatic heterocycles. The molecule has 0 N–H and O–H groups in total. The quantitative estimate of drug-likeness (QED) is 0.458. The fourth-order valence-electron chi connectivity index (χ4n) is 5.72. The first-order chi connectivity index (χ1) is 15.5. The highest BCUT2D eigenvalue weighted by Gasteiger charge is 2.56. The summed E-state index contributed by atoms with van der Waals surface area (Å²) in [7, 11) is -0.0511. The monoisotopic (exact) mass is 463 g/mol. The second-order valence-electron chi connectivity index (χ2n) is 11.0. The Labute approximate surface area is 199 Å². The molecule has 1 heterocycles. The van der Waals surface area contributed by atoms with Gasteiger partial charge in [-0.2, -0.15) is 0 Å². The molecular weight excluding hydrogens is 426 g/mol. The van der Waals surface area contributed by atoms with E-state index >= 15 is 0 Å². The molecule has 4 rings (SSSR count). The van der Waals surface area contributed by atoms with Crippen molar-refractivity contribution in [1.82, 2.24) is 4.90 Å². The molecular formula is C28H37NO3Si.